The van der Waals surface area contributed by atoms with Crippen LogP contribution in [-0.4, -0.2) is 31.4 Å². The lowest BCUT2D eigenvalue weighted by Crippen LogP contribution is -2.34. The Morgan fingerprint density at radius 3 is 2.48 bits per heavy atom. The number of benzene rings is 1. The first-order chi connectivity index (χ1) is 9.97. The standard InChI is InChI=1S/C15H16F2N2O2/c1-19(2)13(14-4-3-5-21-14)9-18-15(20)10-6-11(16)8-12(17)7-10/h3-8,13H,9H2,1-2H3,(H,18,20). The van der Waals surface area contributed by atoms with Gasteiger partial charge in [0.05, 0.1) is 12.3 Å². The first kappa shape index (κ1) is 15.2. The van der Waals surface area contributed by atoms with E-state index in [1.54, 1.807) is 18.4 Å². The minimum atomic E-state index is -0.782. The molecule has 2 aromatic rings. The number of hydrogen-bond acceptors (Lipinski definition) is 3. The Hall–Kier alpha value is -2.21. The maximum Gasteiger partial charge on any atom is 0.251 e. The average molecular weight is 294 g/mol. The normalized spacial score (nSPS) is 12.4. The molecule has 0 bridgehead atoms. The summed E-state index contributed by atoms with van der Waals surface area (Å²) >= 11 is 0. The van der Waals surface area contributed by atoms with Gasteiger partial charge in [-0.1, -0.05) is 0 Å². The molecule has 1 aromatic heterocycles. The van der Waals surface area contributed by atoms with E-state index in [9.17, 15) is 13.6 Å². The van der Waals surface area contributed by atoms with Crippen molar-refractivity contribution in [1.82, 2.24) is 10.2 Å². The Labute approximate surface area is 121 Å². The molecule has 1 heterocycles. The van der Waals surface area contributed by atoms with Crippen molar-refractivity contribution in [3.63, 3.8) is 0 Å². The Morgan fingerprint density at radius 2 is 1.95 bits per heavy atom. The van der Waals surface area contributed by atoms with Crippen LogP contribution in [0.15, 0.2) is 41.0 Å². The summed E-state index contributed by atoms with van der Waals surface area (Å²) in [6.45, 7) is 0.261. The molecule has 0 saturated heterocycles. The summed E-state index contributed by atoms with van der Waals surface area (Å²) in [5, 5.41) is 2.65. The topological polar surface area (TPSA) is 45.5 Å². The zero-order chi connectivity index (χ0) is 15.4. The molecule has 1 unspecified atom stereocenters. The van der Waals surface area contributed by atoms with Gasteiger partial charge in [0.2, 0.25) is 0 Å². The summed E-state index contributed by atoms with van der Waals surface area (Å²) in [7, 11) is 3.70. The van der Waals surface area contributed by atoms with Crippen molar-refractivity contribution in [3.05, 3.63) is 59.6 Å². The van der Waals surface area contributed by atoms with Crippen molar-refractivity contribution in [2.45, 2.75) is 6.04 Å². The van der Waals surface area contributed by atoms with Gasteiger partial charge in [0, 0.05) is 18.2 Å². The molecule has 0 aliphatic carbocycles. The monoisotopic (exact) mass is 294 g/mol. The molecular formula is C15H16F2N2O2. The van der Waals surface area contributed by atoms with Crippen molar-refractivity contribution in [2.75, 3.05) is 20.6 Å². The van der Waals surface area contributed by atoms with Crippen LogP contribution in [0, 0.1) is 11.6 Å². The van der Waals surface area contributed by atoms with Gasteiger partial charge in [-0.25, -0.2) is 8.78 Å². The number of nitrogens with one attached hydrogen (secondary N) is 1. The molecule has 4 nitrogen and oxygen atoms in total. The van der Waals surface area contributed by atoms with Crippen molar-refractivity contribution < 1.29 is 18.0 Å². The fraction of sp³-hybridized carbons (Fsp3) is 0.267. The van der Waals surface area contributed by atoms with Gasteiger partial charge in [-0.2, -0.15) is 0 Å². The lowest BCUT2D eigenvalue weighted by atomic mass is 10.1. The van der Waals surface area contributed by atoms with Crippen LogP contribution in [0.4, 0.5) is 8.78 Å². The van der Waals surface area contributed by atoms with Gasteiger partial charge in [0.1, 0.15) is 17.4 Å². The fourth-order valence-electron chi connectivity index (χ4n) is 1.99. The molecule has 0 spiro atoms. The minimum Gasteiger partial charge on any atom is -0.468 e. The molecule has 0 aliphatic rings. The predicted octanol–water partition coefficient (Wildman–Crippen LogP) is 2.59. The number of carbonyl (C=O) groups is 1. The highest BCUT2D eigenvalue weighted by molar-refractivity contribution is 5.94. The van der Waals surface area contributed by atoms with Gasteiger partial charge in [-0.05, 0) is 38.4 Å². The second-order valence-corrected chi connectivity index (χ2v) is 4.86. The second-order valence-electron chi connectivity index (χ2n) is 4.86. The first-order valence-corrected chi connectivity index (χ1v) is 6.41. The quantitative estimate of drug-likeness (QED) is 0.922. The van der Waals surface area contributed by atoms with Crippen molar-refractivity contribution >= 4 is 5.91 Å². The molecule has 1 amide bonds. The van der Waals surface area contributed by atoms with Crippen LogP contribution < -0.4 is 5.32 Å². The van der Waals surface area contributed by atoms with Gasteiger partial charge in [-0.15, -0.1) is 0 Å². The van der Waals surface area contributed by atoms with Crippen molar-refractivity contribution in [2.24, 2.45) is 0 Å². The first-order valence-electron chi connectivity index (χ1n) is 6.41. The lowest BCUT2D eigenvalue weighted by Gasteiger charge is -2.22. The third-order valence-electron chi connectivity index (χ3n) is 3.08. The van der Waals surface area contributed by atoms with Crippen LogP contribution in [0.1, 0.15) is 22.2 Å². The number of amides is 1. The number of carbonyl (C=O) groups excluding carboxylic acids is 1. The maximum atomic E-state index is 13.1. The van der Waals surface area contributed by atoms with E-state index in [0.29, 0.717) is 5.76 Å². The third-order valence-corrected chi connectivity index (χ3v) is 3.08. The van der Waals surface area contributed by atoms with Crippen molar-refractivity contribution in [1.29, 1.82) is 0 Å². The number of nitrogens with zero attached hydrogens (tertiary/aromatic N) is 1. The number of hydrogen-bond donors (Lipinski definition) is 1. The van der Waals surface area contributed by atoms with Gasteiger partial charge in [-0.3, -0.25) is 9.69 Å². The summed E-state index contributed by atoms with van der Waals surface area (Å²) < 4.78 is 31.5. The smallest absolute Gasteiger partial charge is 0.251 e. The van der Waals surface area contributed by atoms with Crippen LogP contribution >= 0.6 is 0 Å². The molecule has 1 atom stereocenters. The average Bonchev–Trinajstić information content (AvgIpc) is 2.91. The SMILES string of the molecule is CN(C)C(CNC(=O)c1cc(F)cc(F)c1)c1ccco1. The summed E-state index contributed by atoms with van der Waals surface area (Å²) in [5.41, 5.74) is -0.0514. The van der Waals surface area contributed by atoms with Crippen LogP contribution in [0.2, 0.25) is 0 Å². The van der Waals surface area contributed by atoms with Crippen LogP contribution in [0.25, 0.3) is 0 Å². The third kappa shape index (κ3) is 3.88. The molecule has 0 radical (unpaired) electrons. The molecule has 0 fully saturated rings. The summed E-state index contributed by atoms with van der Waals surface area (Å²) in [5.74, 6) is -1.40. The molecule has 112 valence electrons. The highest BCUT2D eigenvalue weighted by atomic mass is 19.1. The highest BCUT2D eigenvalue weighted by Crippen LogP contribution is 2.17. The Morgan fingerprint density at radius 1 is 1.29 bits per heavy atom. The van der Waals surface area contributed by atoms with Gasteiger partial charge in [0.15, 0.2) is 0 Å². The number of halogens is 2. The van der Waals surface area contributed by atoms with E-state index in [-0.39, 0.29) is 18.2 Å². The largest absolute Gasteiger partial charge is 0.468 e. The van der Waals surface area contributed by atoms with Gasteiger partial charge >= 0.3 is 0 Å². The van der Waals surface area contributed by atoms with E-state index in [1.165, 1.54) is 0 Å². The molecule has 6 heteroatoms. The van der Waals surface area contributed by atoms with Crippen LogP contribution in [0.3, 0.4) is 0 Å². The molecule has 0 aliphatic heterocycles. The number of likely N-dealkylation sites (N-methyl/N-ethyl adjacent to an activating group) is 1. The van der Waals surface area contributed by atoms with Crippen molar-refractivity contribution in [3.8, 4) is 0 Å². The number of furan rings is 1. The van der Waals surface area contributed by atoms with E-state index >= 15 is 0 Å². The predicted molar refractivity (Wildman–Crippen MR) is 73.8 cm³/mol. The maximum absolute atomic E-state index is 13.1. The fourth-order valence-corrected chi connectivity index (χ4v) is 1.99. The Kier molecular flexibility index (Phi) is 4.70. The van der Waals surface area contributed by atoms with E-state index < -0.39 is 17.5 Å². The zero-order valence-electron chi connectivity index (χ0n) is 11.8. The number of rotatable bonds is 5. The van der Waals surface area contributed by atoms with Crippen LogP contribution in [0.5, 0.6) is 0 Å². The molecule has 2 rings (SSSR count). The molecular weight excluding hydrogens is 278 g/mol. The summed E-state index contributed by atoms with van der Waals surface area (Å²) in [6, 6.07) is 6.12. The van der Waals surface area contributed by atoms with E-state index in [2.05, 4.69) is 5.32 Å². The summed E-state index contributed by atoms with van der Waals surface area (Å²) in [4.78, 5) is 13.8. The Balaban J connectivity index is 2.05. The van der Waals surface area contributed by atoms with Crippen LogP contribution in [-0.2, 0) is 0 Å². The van der Waals surface area contributed by atoms with Gasteiger partial charge in [0.25, 0.3) is 5.91 Å². The second kappa shape index (κ2) is 6.49. The Bertz CT molecular complexity index is 592. The molecule has 21 heavy (non-hydrogen) atoms. The van der Waals surface area contributed by atoms with Gasteiger partial charge < -0.3 is 9.73 Å². The highest BCUT2D eigenvalue weighted by Gasteiger charge is 2.18. The van der Waals surface area contributed by atoms with E-state index in [1.807, 2.05) is 19.0 Å². The lowest BCUT2D eigenvalue weighted by molar-refractivity contribution is 0.0938. The molecule has 0 saturated carbocycles. The molecule has 1 aromatic carbocycles. The van der Waals surface area contributed by atoms with E-state index in [4.69, 9.17) is 4.42 Å². The minimum absolute atomic E-state index is 0.0514. The zero-order valence-corrected chi connectivity index (χ0v) is 11.8. The summed E-state index contributed by atoms with van der Waals surface area (Å²) in [6.07, 6.45) is 1.55. The van der Waals surface area contributed by atoms with E-state index in [0.717, 1.165) is 18.2 Å². The molecule has 1 N–H and O–H groups in total.